The van der Waals surface area contributed by atoms with Crippen molar-refractivity contribution in [1.29, 1.82) is 5.26 Å². The summed E-state index contributed by atoms with van der Waals surface area (Å²) in [4.78, 5) is 15.0. The molecule has 2 aromatic rings. The zero-order chi connectivity index (χ0) is 18.5. The molecule has 0 saturated carbocycles. The van der Waals surface area contributed by atoms with Crippen LogP contribution in [0.1, 0.15) is 17.5 Å². The number of thioether (sulfide) groups is 1. The third kappa shape index (κ3) is 4.13. The average molecular weight is 368 g/mol. The van der Waals surface area contributed by atoms with Crippen molar-refractivity contribution in [2.24, 2.45) is 4.99 Å². The van der Waals surface area contributed by atoms with Gasteiger partial charge in [-0.1, -0.05) is 17.8 Å². The summed E-state index contributed by atoms with van der Waals surface area (Å²) in [6.45, 7) is 0. The van der Waals surface area contributed by atoms with Crippen LogP contribution in [-0.4, -0.2) is 16.3 Å². The van der Waals surface area contributed by atoms with Crippen LogP contribution in [0.25, 0.3) is 0 Å². The highest BCUT2D eigenvalue weighted by Gasteiger charge is 2.14. The maximum absolute atomic E-state index is 11.2. The van der Waals surface area contributed by atoms with Gasteiger partial charge in [-0.2, -0.15) is 5.26 Å². The SMILES string of the molecule is CSC(=Nc1cc(Oc2ccc3c(c2)CCC3)cc([N+](=O)[O-])c1)NC#N. The number of nitro benzene ring substituents is 1. The van der Waals surface area contributed by atoms with Gasteiger partial charge in [0.15, 0.2) is 11.4 Å². The minimum atomic E-state index is -0.495. The molecule has 0 unspecified atom stereocenters. The number of rotatable bonds is 4. The topological polar surface area (TPSA) is 101 Å². The molecule has 8 heteroatoms. The van der Waals surface area contributed by atoms with Gasteiger partial charge in [-0.25, -0.2) is 4.99 Å². The van der Waals surface area contributed by atoms with E-state index in [9.17, 15) is 10.1 Å². The zero-order valence-electron chi connectivity index (χ0n) is 14.1. The summed E-state index contributed by atoms with van der Waals surface area (Å²) in [7, 11) is 0. The molecule has 0 atom stereocenters. The van der Waals surface area contributed by atoms with Crippen LogP contribution < -0.4 is 10.1 Å². The fraction of sp³-hybridized carbons (Fsp3) is 0.222. The molecule has 0 saturated heterocycles. The first-order chi connectivity index (χ1) is 12.6. The Bertz CT molecular complexity index is 921. The molecule has 0 fully saturated rings. The molecule has 7 nitrogen and oxygen atoms in total. The molecule has 0 aromatic heterocycles. The molecule has 0 spiro atoms. The second-order valence-electron chi connectivity index (χ2n) is 5.69. The number of aryl methyl sites for hydroxylation is 2. The van der Waals surface area contributed by atoms with E-state index < -0.39 is 4.92 Å². The van der Waals surface area contributed by atoms with Crippen molar-refractivity contribution in [3.63, 3.8) is 0 Å². The van der Waals surface area contributed by atoms with Gasteiger partial charge in [0.25, 0.3) is 5.69 Å². The van der Waals surface area contributed by atoms with Gasteiger partial charge >= 0.3 is 0 Å². The largest absolute Gasteiger partial charge is 0.457 e. The maximum atomic E-state index is 11.2. The maximum Gasteiger partial charge on any atom is 0.275 e. The van der Waals surface area contributed by atoms with Crippen LogP contribution in [0.2, 0.25) is 0 Å². The van der Waals surface area contributed by atoms with Gasteiger partial charge in [-0.3, -0.25) is 15.4 Å². The Balaban J connectivity index is 1.93. The Morgan fingerprint density at radius 2 is 2.08 bits per heavy atom. The lowest BCUT2D eigenvalue weighted by molar-refractivity contribution is -0.384. The molecule has 0 radical (unpaired) electrons. The van der Waals surface area contributed by atoms with E-state index in [2.05, 4.69) is 10.3 Å². The highest BCUT2D eigenvalue weighted by atomic mass is 32.2. The number of fused-ring (bicyclic) bond motifs is 1. The molecule has 0 aliphatic heterocycles. The van der Waals surface area contributed by atoms with Crippen molar-refractivity contribution in [3.05, 3.63) is 57.6 Å². The Hall–Kier alpha value is -3.05. The molecule has 2 aromatic carbocycles. The third-order valence-electron chi connectivity index (χ3n) is 3.98. The van der Waals surface area contributed by atoms with Crippen LogP contribution in [0, 0.1) is 21.6 Å². The number of nitrogens with one attached hydrogen (secondary N) is 1. The molecule has 0 heterocycles. The minimum absolute atomic E-state index is 0.125. The average Bonchev–Trinajstić information content (AvgIpc) is 3.09. The monoisotopic (exact) mass is 368 g/mol. The first-order valence-electron chi connectivity index (χ1n) is 7.96. The molecule has 1 N–H and O–H groups in total. The third-order valence-corrected chi connectivity index (χ3v) is 4.56. The minimum Gasteiger partial charge on any atom is -0.457 e. The van der Waals surface area contributed by atoms with Gasteiger partial charge < -0.3 is 4.74 Å². The molecule has 0 amide bonds. The van der Waals surface area contributed by atoms with E-state index in [0.29, 0.717) is 22.4 Å². The molecule has 1 aliphatic carbocycles. The first kappa shape index (κ1) is 17.8. The number of aliphatic imine (C=N–C) groups is 1. The molecule has 26 heavy (non-hydrogen) atoms. The molecule has 1 aliphatic rings. The van der Waals surface area contributed by atoms with Gasteiger partial charge in [-0.05, 0) is 48.8 Å². The Kier molecular flexibility index (Phi) is 5.39. The number of benzene rings is 2. The van der Waals surface area contributed by atoms with Crippen molar-refractivity contribution in [2.45, 2.75) is 19.3 Å². The number of ether oxygens (including phenoxy) is 1. The summed E-state index contributed by atoms with van der Waals surface area (Å²) in [5, 5.41) is 22.7. The van der Waals surface area contributed by atoms with Gasteiger partial charge in [0.2, 0.25) is 0 Å². The van der Waals surface area contributed by atoms with E-state index in [0.717, 1.165) is 19.3 Å². The summed E-state index contributed by atoms with van der Waals surface area (Å²) >= 11 is 1.23. The second kappa shape index (κ2) is 7.89. The summed E-state index contributed by atoms with van der Waals surface area (Å²) in [6, 6.07) is 10.2. The predicted octanol–water partition coefficient (Wildman–Crippen LogP) is 4.30. The standard InChI is InChI=1S/C18H16N4O3S/c1-26-18(20-11-19)21-14-8-15(22(23)24)10-17(9-14)25-16-6-5-12-3-2-4-13(12)7-16/h5-10H,2-4H2,1H3,(H,20,21). The normalized spacial score (nSPS) is 13.0. The highest BCUT2D eigenvalue weighted by molar-refractivity contribution is 8.13. The number of hydrogen-bond donors (Lipinski definition) is 1. The van der Waals surface area contributed by atoms with Gasteiger partial charge in [0.05, 0.1) is 16.7 Å². The van der Waals surface area contributed by atoms with E-state index in [4.69, 9.17) is 10.00 Å². The van der Waals surface area contributed by atoms with Crippen LogP contribution in [0.15, 0.2) is 41.4 Å². The number of nitrogens with zero attached hydrogens (tertiary/aromatic N) is 3. The number of amidine groups is 1. The fourth-order valence-corrected chi connectivity index (χ4v) is 3.18. The van der Waals surface area contributed by atoms with E-state index in [1.807, 2.05) is 18.2 Å². The van der Waals surface area contributed by atoms with Crippen LogP contribution >= 0.6 is 11.8 Å². The smallest absolute Gasteiger partial charge is 0.275 e. The van der Waals surface area contributed by atoms with E-state index in [-0.39, 0.29) is 5.69 Å². The Morgan fingerprint density at radius 1 is 1.27 bits per heavy atom. The van der Waals surface area contributed by atoms with Crippen LogP contribution in [0.4, 0.5) is 11.4 Å². The van der Waals surface area contributed by atoms with E-state index in [1.54, 1.807) is 18.5 Å². The Labute approximate surface area is 154 Å². The fourth-order valence-electron chi connectivity index (χ4n) is 2.83. The molecular formula is C18H16N4O3S. The quantitative estimate of drug-likeness (QED) is 0.216. The number of nitriles is 1. The van der Waals surface area contributed by atoms with Crippen molar-refractivity contribution in [1.82, 2.24) is 5.32 Å². The van der Waals surface area contributed by atoms with E-state index >= 15 is 0 Å². The summed E-state index contributed by atoms with van der Waals surface area (Å²) < 4.78 is 5.84. The van der Waals surface area contributed by atoms with Crippen molar-refractivity contribution in [2.75, 3.05) is 6.26 Å². The lowest BCUT2D eigenvalue weighted by Crippen LogP contribution is -2.12. The van der Waals surface area contributed by atoms with Crippen molar-refractivity contribution < 1.29 is 9.66 Å². The highest BCUT2D eigenvalue weighted by Crippen LogP contribution is 2.33. The molecular weight excluding hydrogens is 352 g/mol. The van der Waals surface area contributed by atoms with Crippen molar-refractivity contribution in [3.8, 4) is 17.7 Å². The lowest BCUT2D eigenvalue weighted by atomic mass is 10.1. The summed E-state index contributed by atoms with van der Waals surface area (Å²) in [5.41, 5.74) is 2.80. The van der Waals surface area contributed by atoms with Crippen LogP contribution in [-0.2, 0) is 12.8 Å². The van der Waals surface area contributed by atoms with Gasteiger partial charge in [-0.15, -0.1) is 0 Å². The Morgan fingerprint density at radius 3 is 2.81 bits per heavy atom. The molecule has 0 bridgehead atoms. The summed E-state index contributed by atoms with van der Waals surface area (Å²) in [6.07, 6.45) is 6.78. The van der Waals surface area contributed by atoms with Gasteiger partial charge in [0, 0.05) is 12.1 Å². The molecule has 132 valence electrons. The van der Waals surface area contributed by atoms with Crippen LogP contribution in [0.5, 0.6) is 11.5 Å². The van der Waals surface area contributed by atoms with Crippen LogP contribution in [0.3, 0.4) is 0 Å². The number of nitro groups is 1. The lowest BCUT2D eigenvalue weighted by Gasteiger charge is -2.09. The number of non-ortho nitro benzene ring substituents is 1. The van der Waals surface area contributed by atoms with Gasteiger partial charge in [0.1, 0.15) is 11.5 Å². The second-order valence-corrected chi connectivity index (χ2v) is 6.48. The first-order valence-corrected chi connectivity index (χ1v) is 9.18. The predicted molar refractivity (Wildman–Crippen MR) is 101 cm³/mol. The molecule has 3 rings (SSSR count). The zero-order valence-corrected chi connectivity index (χ0v) is 14.9. The van der Waals surface area contributed by atoms with Crippen molar-refractivity contribution >= 4 is 28.3 Å². The number of hydrogen-bond acceptors (Lipinski definition) is 6. The van der Waals surface area contributed by atoms with E-state index in [1.165, 1.54) is 35.0 Å². The summed E-state index contributed by atoms with van der Waals surface area (Å²) in [5.74, 6) is 0.967.